The van der Waals surface area contributed by atoms with Gasteiger partial charge in [-0.05, 0) is 66.1 Å². The molecule has 19 heavy (non-hydrogen) atoms. The van der Waals surface area contributed by atoms with E-state index in [0.717, 1.165) is 17.8 Å². The van der Waals surface area contributed by atoms with E-state index in [1.807, 2.05) is 0 Å². The third kappa shape index (κ3) is 1.84. The Morgan fingerprint density at radius 3 is 2.16 bits per heavy atom. The third-order valence-electron chi connectivity index (χ3n) is 8.10. The average molecular weight is 262 g/mol. The Bertz CT molecular complexity index is 355. The highest BCUT2D eigenvalue weighted by Gasteiger charge is 2.59. The van der Waals surface area contributed by atoms with Crippen LogP contribution in [-0.4, -0.2) is 0 Å². The molecule has 0 spiro atoms. The van der Waals surface area contributed by atoms with Crippen LogP contribution in [0.4, 0.5) is 0 Å². The molecule has 3 saturated carbocycles. The van der Waals surface area contributed by atoms with Gasteiger partial charge in [0.2, 0.25) is 0 Å². The lowest BCUT2D eigenvalue weighted by Crippen LogP contribution is -2.57. The summed E-state index contributed by atoms with van der Waals surface area (Å²) >= 11 is 0. The minimum absolute atomic E-state index is 0.592. The Kier molecular flexibility index (Phi) is 3.12. The second-order valence-corrected chi connectivity index (χ2v) is 9.33. The van der Waals surface area contributed by atoms with Crippen LogP contribution in [0.2, 0.25) is 0 Å². The summed E-state index contributed by atoms with van der Waals surface area (Å²) in [5, 5.41) is 0. The molecule has 0 aromatic rings. The number of hydrogen-bond acceptors (Lipinski definition) is 0. The van der Waals surface area contributed by atoms with Crippen molar-refractivity contribution in [1.29, 1.82) is 0 Å². The van der Waals surface area contributed by atoms with Crippen molar-refractivity contribution in [2.75, 3.05) is 0 Å². The van der Waals surface area contributed by atoms with Crippen LogP contribution >= 0.6 is 0 Å². The maximum Gasteiger partial charge on any atom is -0.0259 e. The summed E-state index contributed by atoms with van der Waals surface area (Å²) in [7, 11) is 0. The van der Waals surface area contributed by atoms with Gasteiger partial charge in [-0.2, -0.15) is 0 Å². The molecular weight excluding hydrogens is 228 g/mol. The van der Waals surface area contributed by atoms with Crippen LogP contribution in [0.3, 0.4) is 0 Å². The summed E-state index contributed by atoms with van der Waals surface area (Å²) in [4.78, 5) is 0. The molecule has 0 heterocycles. The first-order chi connectivity index (χ1) is 8.81. The summed E-state index contributed by atoms with van der Waals surface area (Å²) in [5.74, 6) is 2.94. The van der Waals surface area contributed by atoms with Gasteiger partial charge in [-0.25, -0.2) is 0 Å². The van der Waals surface area contributed by atoms with Gasteiger partial charge in [0.05, 0.1) is 0 Å². The van der Waals surface area contributed by atoms with Crippen molar-refractivity contribution in [1.82, 2.24) is 0 Å². The summed E-state index contributed by atoms with van der Waals surface area (Å²) in [6, 6.07) is 0. The Balaban J connectivity index is 1.98. The second-order valence-electron chi connectivity index (χ2n) is 9.33. The van der Waals surface area contributed by atoms with Crippen molar-refractivity contribution in [2.45, 2.75) is 86.0 Å². The molecule has 0 unspecified atom stereocenters. The van der Waals surface area contributed by atoms with Crippen molar-refractivity contribution in [3.63, 3.8) is 0 Å². The molecule has 0 heteroatoms. The van der Waals surface area contributed by atoms with Gasteiger partial charge in [0.25, 0.3) is 0 Å². The highest BCUT2D eigenvalue weighted by molar-refractivity contribution is 5.08. The zero-order valence-electron chi connectivity index (χ0n) is 13.9. The zero-order chi connectivity index (χ0) is 13.9. The van der Waals surface area contributed by atoms with E-state index in [1.54, 1.807) is 0 Å². The smallest absolute Gasteiger partial charge is 0.0259 e. The van der Waals surface area contributed by atoms with Crippen LogP contribution in [-0.2, 0) is 0 Å². The van der Waals surface area contributed by atoms with E-state index in [0.29, 0.717) is 16.2 Å². The van der Waals surface area contributed by atoms with Gasteiger partial charge in [-0.15, -0.1) is 0 Å². The van der Waals surface area contributed by atoms with E-state index < -0.39 is 0 Å². The largest absolute Gasteiger partial charge is 0.0620 e. The Hall–Kier alpha value is 0. The predicted molar refractivity (Wildman–Crippen MR) is 83.1 cm³/mol. The van der Waals surface area contributed by atoms with E-state index in [4.69, 9.17) is 0 Å². The normalized spacial score (nSPS) is 53.2. The maximum absolute atomic E-state index is 2.68. The lowest BCUT2D eigenvalue weighted by Gasteiger charge is -2.65. The first-order valence-corrected chi connectivity index (χ1v) is 8.81. The van der Waals surface area contributed by atoms with Gasteiger partial charge in [0.1, 0.15) is 0 Å². The predicted octanol–water partition coefficient (Wildman–Crippen LogP) is 6.06. The molecule has 0 saturated heterocycles. The summed E-state index contributed by atoms with van der Waals surface area (Å²) < 4.78 is 0. The molecule has 3 fully saturated rings. The van der Waals surface area contributed by atoms with Crippen molar-refractivity contribution < 1.29 is 0 Å². The lowest BCUT2D eigenvalue weighted by molar-refractivity contribution is -0.160. The lowest BCUT2D eigenvalue weighted by atomic mass is 9.40. The van der Waals surface area contributed by atoms with E-state index in [1.165, 1.54) is 51.4 Å². The minimum atomic E-state index is 0.592. The summed E-state index contributed by atoms with van der Waals surface area (Å²) in [5.41, 5.74) is 1.88. The van der Waals surface area contributed by atoms with Gasteiger partial charge in [-0.1, -0.05) is 53.9 Å². The first-order valence-electron chi connectivity index (χ1n) is 8.81. The molecule has 0 radical (unpaired) electrons. The van der Waals surface area contributed by atoms with Crippen LogP contribution in [0.5, 0.6) is 0 Å². The molecule has 110 valence electrons. The molecule has 0 aromatic carbocycles. The fraction of sp³-hybridized carbons (Fsp3) is 1.00. The Labute approximate surface area is 120 Å². The van der Waals surface area contributed by atoms with Gasteiger partial charge < -0.3 is 0 Å². The molecule has 0 aliphatic heterocycles. The van der Waals surface area contributed by atoms with Crippen molar-refractivity contribution in [3.05, 3.63) is 0 Å². The fourth-order valence-corrected chi connectivity index (χ4v) is 6.89. The molecule has 3 rings (SSSR count). The van der Waals surface area contributed by atoms with Gasteiger partial charge in [0.15, 0.2) is 0 Å². The first kappa shape index (κ1) is 14.0. The molecule has 0 bridgehead atoms. The minimum Gasteiger partial charge on any atom is -0.0620 e. The van der Waals surface area contributed by atoms with E-state index >= 15 is 0 Å². The molecule has 0 aromatic heterocycles. The quantitative estimate of drug-likeness (QED) is 0.498. The Morgan fingerprint density at radius 1 is 0.684 bits per heavy atom. The maximum atomic E-state index is 2.68. The van der Waals surface area contributed by atoms with Crippen LogP contribution in [0.15, 0.2) is 0 Å². The number of fused-ring (bicyclic) bond motifs is 3. The van der Waals surface area contributed by atoms with Gasteiger partial charge >= 0.3 is 0 Å². The molecule has 0 N–H and O–H groups in total. The van der Waals surface area contributed by atoms with Crippen LogP contribution in [0.25, 0.3) is 0 Å². The fourth-order valence-electron chi connectivity index (χ4n) is 6.89. The molecule has 3 aliphatic carbocycles. The van der Waals surface area contributed by atoms with Crippen LogP contribution in [0.1, 0.15) is 86.0 Å². The number of hydrogen-bond donors (Lipinski definition) is 0. The highest BCUT2D eigenvalue weighted by atomic mass is 14.6. The Morgan fingerprint density at radius 2 is 1.42 bits per heavy atom. The molecule has 5 atom stereocenters. The average Bonchev–Trinajstić information content (AvgIpc) is 2.30. The highest BCUT2D eigenvalue weighted by Crippen LogP contribution is 2.68. The van der Waals surface area contributed by atoms with E-state index in [2.05, 4.69) is 34.6 Å². The molecule has 0 amide bonds. The van der Waals surface area contributed by atoms with Crippen molar-refractivity contribution >= 4 is 0 Å². The van der Waals surface area contributed by atoms with Crippen molar-refractivity contribution in [3.8, 4) is 0 Å². The molecule has 3 aliphatic rings. The van der Waals surface area contributed by atoms with Gasteiger partial charge in [-0.3, -0.25) is 0 Å². The van der Waals surface area contributed by atoms with Crippen LogP contribution < -0.4 is 0 Å². The monoisotopic (exact) mass is 262 g/mol. The standard InChI is InChI=1S/C19H34/c1-14-8-6-9-16-18(14,4)13-10-15-17(2,3)11-7-12-19(15,16)5/h14-16H,6-13H2,1-5H3/t14-,15-,16+,18+,19+/m1/s1. The molecule has 0 nitrogen and oxygen atoms in total. The van der Waals surface area contributed by atoms with Crippen LogP contribution in [0, 0.1) is 34.0 Å². The summed E-state index contributed by atoms with van der Waals surface area (Å²) in [6.45, 7) is 13.0. The van der Waals surface area contributed by atoms with Gasteiger partial charge in [0, 0.05) is 0 Å². The number of rotatable bonds is 0. The topological polar surface area (TPSA) is 0 Å². The van der Waals surface area contributed by atoms with E-state index in [-0.39, 0.29) is 0 Å². The third-order valence-corrected chi connectivity index (χ3v) is 8.10. The van der Waals surface area contributed by atoms with E-state index in [9.17, 15) is 0 Å². The van der Waals surface area contributed by atoms with Crippen molar-refractivity contribution in [2.24, 2.45) is 34.0 Å². The zero-order valence-corrected chi connectivity index (χ0v) is 13.9. The second kappa shape index (κ2) is 4.25. The SMILES string of the molecule is C[C@@H]1CCC[C@H]2[C@@]1(C)CC[C@@H]1C(C)(C)CCC[C@]21C. The summed E-state index contributed by atoms with van der Waals surface area (Å²) in [6.07, 6.45) is 11.9. The molecular formula is C19H34.